The van der Waals surface area contributed by atoms with Gasteiger partial charge < -0.3 is 5.73 Å². The van der Waals surface area contributed by atoms with Gasteiger partial charge in [0.25, 0.3) is 0 Å². The first-order chi connectivity index (χ1) is 8.56. The maximum atomic E-state index is 6.31. The van der Waals surface area contributed by atoms with E-state index in [4.69, 9.17) is 5.73 Å². The van der Waals surface area contributed by atoms with Gasteiger partial charge in [-0.1, -0.05) is 35.9 Å². The normalized spacial score (nSPS) is 12.4. The Hall–Kier alpha value is -0.870. The molecule has 0 spiro atoms. The van der Waals surface area contributed by atoms with Gasteiger partial charge in [0, 0.05) is 9.61 Å². The first-order valence-electron chi connectivity index (χ1n) is 6.13. The van der Waals surface area contributed by atoms with Gasteiger partial charge in [-0.05, 0) is 71.7 Å². The van der Waals surface area contributed by atoms with Crippen molar-refractivity contribution in [3.63, 3.8) is 0 Å². The number of rotatable bonds is 3. The highest BCUT2D eigenvalue weighted by molar-refractivity contribution is 14.1. The van der Waals surface area contributed by atoms with Crippen LogP contribution in [0.3, 0.4) is 0 Å². The Morgan fingerprint density at radius 2 is 1.89 bits per heavy atom. The Balaban J connectivity index is 2.21. The van der Waals surface area contributed by atoms with Crippen molar-refractivity contribution in [3.05, 3.63) is 68.3 Å². The van der Waals surface area contributed by atoms with Crippen molar-refractivity contribution in [1.29, 1.82) is 0 Å². The summed E-state index contributed by atoms with van der Waals surface area (Å²) >= 11 is 2.33. The van der Waals surface area contributed by atoms with Crippen molar-refractivity contribution < 1.29 is 0 Å². The first kappa shape index (κ1) is 13.6. The molecule has 2 aromatic rings. The zero-order valence-corrected chi connectivity index (χ0v) is 12.9. The second kappa shape index (κ2) is 5.85. The van der Waals surface area contributed by atoms with Crippen LogP contribution in [-0.2, 0) is 6.42 Å². The van der Waals surface area contributed by atoms with Gasteiger partial charge >= 0.3 is 0 Å². The highest BCUT2D eigenvalue weighted by Crippen LogP contribution is 2.20. The number of aryl methyl sites for hydroxylation is 2. The van der Waals surface area contributed by atoms with E-state index < -0.39 is 0 Å². The quantitative estimate of drug-likeness (QED) is 0.826. The molecule has 0 amide bonds. The zero-order valence-electron chi connectivity index (χ0n) is 10.8. The fourth-order valence-electron chi connectivity index (χ4n) is 2.11. The second-order valence-corrected chi connectivity index (χ2v) is 6.04. The molecule has 0 saturated carbocycles. The van der Waals surface area contributed by atoms with Crippen molar-refractivity contribution in [2.75, 3.05) is 0 Å². The molecule has 0 aliphatic carbocycles. The summed E-state index contributed by atoms with van der Waals surface area (Å²) in [4.78, 5) is 0. The topological polar surface area (TPSA) is 26.0 Å². The van der Waals surface area contributed by atoms with Crippen LogP contribution in [0, 0.1) is 17.4 Å². The lowest BCUT2D eigenvalue weighted by Gasteiger charge is -2.15. The highest BCUT2D eigenvalue weighted by Gasteiger charge is 2.09. The van der Waals surface area contributed by atoms with Gasteiger partial charge in [-0.15, -0.1) is 0 Å². The third kappa shape index (κ3) is 3.33. The lowest BCUT2D eigenvalue weighted by Crippen LogP contribution is -2.14. The molecule has 18 heavy (non-hydrogen) atoms. The molecular weight excluding hydrogens is 333 g/mol. The zero-order chi connectivity index (χ0) is 13.1. The Morgan fingerprint density at radius 1 is 1.11 bits per heavy atom. The molecule has 1 atom stereocenters. The van der Waals surface area contributed by atoms with Gasteiger partial charge in [-0.25, -0.2) is 0 Å². The van der Waals surface area contributed by atoms with E-state index in [1.165, 1.54) is 25.8 Å². The Bertz CT molecular complexity index is 549. The lowest BCUT2D eigenvalue weighted by atomic mass is 9.95. The molecule has 0 aliphatic rings. The molecular formula is C16H18IN. The molecule has 2 N–H and O–H groups in total. The van der Waals surface area contributed by atoms with Gasteiger partial charge in [0.05, 0.1) is 0 Å². The summed E-state index contributed by atoms with van der Waals surface area (Å²) in [5.74, 6) is 0. The number of halogens is 1. The summed E-state index contributed by atoms with van der Waals surface area (Å²) in [7, 11) is 0. The van der Waals surface area contributed by atoms with Crippen molar-refractivity contribution >= 4 is 22.6 Å². The van der Waals surface area contributed by atoms with Crippen LogP contribution in [-0.4, -0.2) is 0 Å². The summed E-state index contributed by atoms with van der Waals surface area (Å²) < 4.78 is 1.24. The first-order valence-corrected chi connectivity index (χ1v) is 7.21. The molecule has 0 heterocycles. The van der Waals surface area contributed by atoms with Crippen LogP contribution in [0.5, 0.6) is 0 Å². The smallest absolute Gasteiger partial charge is 0.0336 e. The number of benzene rings is 2. The maximum absolute atomic E-state index is 6.31. The van der Waals surface area contributed by atoms with Crippen LogP contribution < -0.4 is 5.73 Å². The van der Waals surface area contributed by atoms with Gasteiger partial charge in [0.15, 0.2) is 0 Å². The van der Waals surface area contributed by atoms with E-state index in [1.807, 2.05) is 0 Å². The third-order valence-corrected chi connectivity index (χ3v) is 3.89. The summed E-state index contributed by atoms with van der Waals surface area (Å²) in [6.07, 6.45) is 0.896. The van der Waals surface area contributed by atoms with Crippen LogP contribution in [0.4, 0.5) is 0 Å². The lowest BCUT2D eigenvalue weighted by molar-refractivity contribution is 0.718. The van der Waals surface area contributed by atoms with E-state index in [0.29, 0.717) is 0 Å². The van der Waals surface area contributed by atoms with Crippen molar-refractivity contribution in [2.24, 2.45) is 5.73 Å². The molecule has 0 radical (unpaired) electrons. The van der Waals surface area contributed by atoms with Crippen LogP contribution >= 0.6 is 22.6 Å². The molecule has 0 bridgehead atoms. The Morgan fingerprint density at radius 3 is 2.61 bits per heavy atom. The largest absolute Gasteiger partial charge is 0.324 e. The molecule has 0 aromatic heterocycles. The van der Waals surface area contributed by atoms with Gasteiger partial charge in [-0.3, -0.25) is 0 Å². The Labute approximate surface area is 123 Å². The van der Waals surface area contributed by atoms with Crippen molar-refractivity contribution in [3.8, 4) is 0 Å². The standard InChI is InChI=1S/C16H18IN/c1-11-6-7-12(2)14(8-11)10-16(18)13-4-3-5-15(17)9-13/h3-9,16H,10,18H2,1-2H3. The molecule has 0 fully saturated rings. The monoisotopic (exact) mass is 351 g/mol. The van der Waals surface area contributed by atoms with E-state index in [-0.39, 0.29) is 6.04 Å². The van der Waals surface area contributed by atoms with E-state index in [0.717, 1.165) is 6.42 Å². The molecule has 2 aromatic carbocycles. The molecule has 2 rings (SSSR count). The third-order valence-electron chi connectivity index (χ3n) is 3.22. The van der Waals surface area contributed by atoms with Crippen LogP contribution in [0.2, 0.25) is 0 Å². The summed E-state index contributed by atoms with van der Waals surface area (Å²) in [5.41, 5.74) is 11.5. The number of hydrogen-bond donors (Lipinski definition) is 1. The highest BCUT2D eigenvalue weighted by atomic mass is 127. The summed E-state index contributed by atoms with van der Waals surface area (Å²) in [5, 5.41) is 0. The van der Waals surface area contributed by atoms with Crippen LogP contribution in [0.1, 0.15) is 28.3 Å². The van der Waals surface area contributed by atoms with E-state index in [2.05, 4.69) is 78.9 Å². The van der Waals surface area contributed by atoms with E-state index in [1.54, 1.807) is 0 Å². The molecule has 0 saturated heterocycles. The van der Waals surface area contributed by atoms with Crippen LogP contribution in [0.25, 0.3) is 0 Å². The Kier molecular flexibility index (Phi) is 4.40. The van der Waals surface area contributed by atoms with E-state index in [9.17, 15) is 0 Å². The molecule has 2 heteroatoms. The maximum Gasteiger partial charge on any atom is 0.0336 e. The van der Waals surface area contributed by atoms with Gasteiger partial charge in [0.1, 0.15) is 0 Å². The fraction of sp³-hybridized carbons (Fsp3) is 0.250. The summed E-state index contributed by atoms with van der Waals surface area (Å²) in [6.45, 7) is 4.27. The summed E-state index contributed by atoms with van der Waals surface area (Å²) in [6, 6.07) is 15.1. The average Bonchev–Trinajstić information content (AvgIpc) is 2.34. The van der Waals surface area contributed by atoms with Crippen molar-refractivity contribution in [2.45, 2.75) is 26.3 Å². The van der Waals surface area contributed by atoms with Crippen LogP contribution in [0.15, 0.2) is 42.5 Å². The number of hydrogen-bond acceptors (Lipinski definition) is 1. The second-order valence-electron chi connectivity index (χ2n) is 4.80. The predicted octanol–water partition coefficient (Wildman–Crippen LogP) is 4.15. The molecule has 94 valence electrons. The molecule has 1 unspecified atom stereocenters. The molecule has 1 nitrogen and oxygen atoms in total. The SMILES string of the molecule is Cc1ccc(C)c(CC(N)c2cccc(I)c2)c1. The minimum absolute atomic E-state index is 0.0696. The van der Waals surface area contributed by atoms with E-state index >= 15 is 0 Å². The number of nitrogens with two attached hydrogens (primary N) is 1. The predicted molar refractivity (Wildman–Crippen MR) is 85.7 cm³/mol. The molecule has 0 aliphatic heterocycles. The minimum atomic E-state index is 0.0696. The average molecular weight is 351 g/mol. The van der Waals surface area contributed by atoms with Gasteiger partial charge in [0.2, 0.25) is 0 Å². The minimum Gasteiger partial charge on any atom is -0.324 e. The van der Waals surface area contributed by atoms with Gasteiger partial charge in [-0.2, -0.15) is 0 Å². The fourth-order valence-corrected chi connectivity index (χ4v) is 2.68. The van der Waals surface area contributed by atoms with Crippen molar-refractivity contribution in [1.82, 2.24) is 0 Å².